The third-order valence-corrected chi connectivity index (χ3v) is 5.64. The second kappa shape index (κ2) is 12.0. The van der Waals surface area contributed by atoms with Crippen molar-refractivity contribution in [2.75, 3.05) is 41.5 Å². The molecule has 1 aromatic carbocycles. The van der Waals surface area contributed by atoms with Gasteiger partial charge >= 0.3 is 0 Å². The normalized spacial score (nSPS) is 19.7. The van der Waals surface area contributed by atoms with Gasteiger partial charge in [0.2, 0.25) is 0 Å². The number of benzene rings is 1. The molecule has 2 atom stereocenters. The van der Waals surface area contributed by atoms with Gasteiger partial charge in [-0.1, -0.05) is 20.8 Å². The van der Waals surface area contributed by atoms with Crippen LogP contribution in [0.2, 0.25) is 0 Å². The number of hydrogen-bond donors (Lipinski definition) is 1. The predicted octanol–water partition coefficient (Wildman–Crippen LogP) is 4.48. The molecule has 0 radical (unpaired) electrons. The van der Waals surface area contributed by atoms with Gasteiger partial charge in [0.15, 0.2) is 17.5 Å². The molecule has 0 spiro atoms. The van der Waals surface area contributed by atoms with Crippen molar-refractivity contribution in [3.63, 3.8) is 0 Å². The second-order valence-electron chi connectivity index (χ2n) is 8.98. The second-order valence-corrected chi connectivity index (χ2v) is 8.98. The molecular weight excluding hydrogens is 493 g/mol. The molecule has 0 amide bonds. The highest BCUT2D eigenvalue weighted by atomic mass is 127. The van der Waals surface area contributed by atoms with Crippen molar-refractivity contribution in [1.82, 2.24) is 10.2 Å². The summed E-state index contributed by atoms with van der Waals surface area (Å²) in [5.74, 6) is 2.87. The predicted molar refractivity (Wildman–Crippen MR) is 134 cm³/mol. The molecule has 1 saturated heterocycles. The van der Waals surface area contributed by atoms with Gasteiger partial charge in [-0.25, -0.2) is 0 Å². The maximum atomic E-state index is 6.12. The molecule has 30 heavy (non-hydrogen) atoms. The fraction of sp³-hybridized carbons (Fsp3) is 0.696. The molecule has 1 N–H and O–H groups in total. The third kappa shape index (κ3) is 6.90. The van der Waals surface area contributed by atoms with E-state index in [2.05, 4.69) is 50.0 Å². The van der Waals surface area contributed by atoms with Crippen molar-refractivity contribution in [2.45, 2.75) is 53.2 Å². The average Bonchev–Trinajstić information content (AvgIpc) is 2.69. The number of aliphatic imine (C=N–C) groups is 1. The number of guanidine groups is 1. The summed E-state index contributed by atoms with van der Waals surface area (Å²) < 4.78 is 17.0. The highest BCUT2D eigenvalue weighted by molar-refractivity contribution is 14.0. The van der Waals surface area contributed by atoms with Crippen LogP contribution in [0.15, 0.2) is 17.1 Å². The molecule has 0 aliphatic carbocycles. The molecule has 7 heteroatoms. The maximum Gasteiger partial charge on any atom is 0.193 e. The Kier molecular flexibility index (Phi) is 10.7. The molecule has 1 aliphatic heterocycles. The molecule has 6 nitrogen and oxygen atoms in total. The zero-order valence-corrected chi connectivity index (χ0v) is 22.2. The standard InChI is InChI=1S/C23H39N3O3.HI/c1-16-12-19(27-7)20(28-8)13-18(16)15-26(6)22(24-5)25-14-17-10-9-11-29-21(17)23(2,3)4;/h12-13,17,21H,9-11,14-15H2,1-8H3,(H,24,25);1H. The van der Waals surface area contributed by atoms with Crippen molar-refractivity contribution in [3.8, 4) is 11.5 Å². The minimum Gasteiger partial charge on any atom is -0.493 e. The van der Waals surface area contributed by atoms with Crippen LogP contribution in [0.1, 0.15) is 44.7 Å². The Morgan fingerprint density at radius 1 is 1.23 bits per heavy atom. The Balaban J connectivity index is 0.00000450. The van der Waals surface area contributed by atoms with Crippen LogP contribution in [-0.4, -0.2) is 58.4 Å². The number of ether oxygens (including phenoxy) is 3. The number of nitrogens with one attached hydrogen (secondary N) is 1. The first kappa shape index (κ1) is 26.8. The van der Waals surface area contributed by atoms with E-state index in [-0.39, 0.29) is 35.5 Å². The van der Waals surface area contributed by atoms with Crippen LogP contribution in [0, 0.1) is 18.3 Å². The van der Waals surface area contributed by atoms with Crippen LogP contribution < -0.4 is 14.8 Å². The van der Waals surface area contributed by atoms with Crippen molar-refractivity contribution in [2.24, 2.45) is 16.3 Å². The molecule has 1 heterocycles. The topological polar surface area (TPSA) is 55.3 Å². The minimum absolute atomic E-state index is 0. The summed E-state index contributed by atoms with van der Waals surface area (Å²) in [4.78, 5) is 6.64. The van der Waals surface area contributed by atoms with E-state index < -0.39 is 0 Å². The minimum atomic E-state index is 0. The Morgan fingerprint density at radius 2 is 1.87 bits per heavy atom. The SMILES string of the molecule is CN=C(NCC1CCCOC1C(C)(C)C)N(C)Cc1cc(OC)c(OC)cc1C.I. The molecular formula is C23H40IN3O3. The van der Waals surface area contributed by atoms with Crippen molar-refractivity contribution in [1.29, 1.82) is 0 Å². The first-order chi connectivity index (χ1) is 13.7. The van der Waals surface area contributed by atoms with Gasteiger partial charge in [-0.05, 0) is 48.4 Å². The summed E-state index contributed by atoms with van der Waals surface area (Å²) in [6.07, 6.45) is 2.57. The van der Waals surface area contributed by atoms with E-state index >= 15 is 0 Å². The quantitative estimate of drug-likeness (QED) is 0.332. The largest absolute Gasteiger partial charge is 0.493 e. The summed E-state index contributed by atoms with van der Waals surface area (Å²) in [5.41, 5.74) is 2.49. The van der Waals surface area contributed by atoms with E-state index in [0.717, 1.165) is 43.6 Å². The van der Waals surface area contributed by atoms with Crippen LogP contribution in [0.4, 0.5) is 0 Å². The number of hydrogen-bond acceptors (Lipinski definition) is 4. The summed E-state index contributed by atoms with van der Waals surface area (Å²) in [6, 6.07) is 4.06. The lowest BCUT2D eigenvalue weighted by Crippen LogP contribution is -2.47. The lowest BCUT2D eigenvalue weighted by Gasteiger charge is -2.40. The van der Waals surface area contributed by atoms with E-state index in [1.165, 1.54) is 17.5 Å². The van der Waals surface area contributed by atoms with Crippen LogP contribution in [0.25, 0.3) is 0 Å². The van der Waals surface area contributed by atoms with E-state index in [4.69, 9.17) is 14.2 Å². The van der Waals surface area contributed by atoms with Gasteiger partial charge in [0, 0.05) is 39.7 Å². The number of rotatable bonds is 6. The molecule has 0 saturated carbocycles. The highest BCUT2D eigenvalue weighted by Gasteiger charge is 2.35. The summed E-state index contributed by atoms with van der Waals surface area (Å²) in [7, 11) is 7.22. The van der Waals surface area contributed by atoms with Gasteiger partial charge in [-0.2, -0.15) is 0 Å². The van der Waals surface area contributed by atoms with Crippen molar-refractivity contribution in [3.05, 3.63) is 23.3 Å². The highest BCUT2D eigenvalue weighted by Crippen LogP contribution is 2.34. The van der Waals surface area contributed by atoms with Gasteiger partial charge in [0.1, 0.15) is 0 Å². The third-order valence-electron chi connectivity index (χ3n) is 5.64. The van der Waals surface area contributed by atoms with Crippen molar-refractivity contribution >= 4 is 29.9 Å². The molecule has 1 aliphatic rings. The maximum absolute atomic E-state index is 6.12. The fourth-order valence-electron chi connectivity index (χ4n) is 4.14. The molecule has 2 rings (SSSR count). The molecule has 1 aromatic rings. The molecule has 1 fully saturated rings. The van der Waals surface area contributed by atoms with E-state index in [9.17, 15) is 0 Å². The van der Waals surface area contributed by atoms with Gasteiger partial charge in [-0.15, -0.1) is 24.0 Å². The van der Waals surface area contributed by atoms with E-state index in [1.807, 2.05) is 19.2 Å². The van der Waals surface area contributed by atoms with Crippen LogP contribution in [-0.2, 0) is 11.3 Å². The molecule has 0 bridgehead atoms. The zero-order valence-electron chi connectivity index (χ0n) is 19.9. The van der Waals surface area contributed by atoms with Crippen LogP contribution in [0.3, 0.4) is 0 Å². The van der Waals surface area contributed by atoms with Gasteiger partial charge < -0.3 is 24.4 Å². The zero-order chi connectivity index (χ0) is 21.6. The lowest BCUT2D eigenvalue weighted by molar-refractivity contribution is -0.0836. The van der Waals surface area contributed by atoms with Gasteiger partial charge in [-0.3, -0.25) is 4.99 Å². The number of aryl methyl sites for hydroxylation is 1. The van der Waals surface area contributed by atoms with Crippen LogP contribution >= 0.6 is 24.0 Å². The average molecular weight is 533 g/mol. The monoisotopic (exact) mass is 533 g/mol. The van der Waals surface area contributed by atoms with Gasteiger partial charge in [0.25, 0.3) is 0 Å². The number of nitrogens with zero attached hydrogens (tertiary/aromatic N) is 2. The Morgan fingerprint density at radius 3 is 2.43 bits per heavy atom. The van der Waals surface area contributed by atoms with Crippen LogP contribution in [0.5, 0.6) is 11.5 Å². The lowest BCUT2D eigenvalue weighted by atomic mass is 9.78. The molecule has 0 aromatic heterocycles. The Hall–Kier alpha value is -1.22. The van der Waals surface area contributed by atoms with E-state index in [1.54, 1.807) is 14.2 Å². The number of methoxy groups -OCH3 is 2. The van der Waals surface area contributed by atoms with Gasteiger partial charge in [0.05, 0.1) is 20.3 Å². The summed E-state index contributed by atoms with van der Waals surface area (Å²) in [6.45, 7) is 11.3. The summed E-state index contributed by atoms with van der Waals surface area (Å²) in [5, 5.41) is 3.57. The van der Waals surface area contributed by atoms with Crippen molar-refractivity contribution < 1.29 is 14.2 Å². The molecule has 172 valence electrons. The summed E-state index contributed by atoms with van der Waals surface area (Å²) >= 11 is 0. The Labute approximate surface area is 199 Å². The smallest absolute Gasteiger partial charge is 0.193 e. The first-order valence-electron chi connectivity index (χ1n) is 10.5. The number of halogens is 1. The molecule has 2 unspecified atom stereocenters. The Bertz CT molecular complexity index is 704. The first-order valence-corrected chi connectivity index (χ1v) is 10.5. The van der Waals surface area contributed by atoms with E-state index in [0.29, 0.717) is 5.92 Å². The fourth-order valence-corrected chi connectivity index (χ4v) is 4.14.